The van der Waals surface area contributed by atoms with Crippen molar-refractivity contribution >= 4 is 23.6 Å². The molecule has 0 aliphatic carbocycles. The van der Waals surface area contributed by atoms with Crippen LogP contribution in [-0.4, -0.2) is 37.4 Å². The molecule has 0 saturated carbocycles. The van der Waals surface area contributed by atoms with Gasteiger partial charge in [-0.15, -0.1) is 0 Å². The normalized spacial score (nSPS) is 11.7. The van der Waals surface area contributed by atoms with Gasteiger partial charge in [0.15, 0.2) is 0 Å². The van der Waals surface area contributed by atoms with Gasteiger partial charge < -0.3 is 10.2 Å². The third kappa shape index (κ3) is 4.01. The van der Waals surface area contributed by atoms with Crippen LogP contribution in [0.15, 0.2) is 30.3 Å². The topological polar surface area (TPSA) is 61.4 Å². The summed E-state index contributed by atoms with van der Waals surface area (Å²) in [7, 11) is 3.29. The molecule has 6 heteroatoms. The molecule has 18 heavy (non-hydrogen) atoms. The smallest absolute Gasteiger partial charge is 0.249 e. The van der Waals surface area contributed by atoms with Gasteiger partial charge in [-0.3, -0.25) is 9.59 Å². The van der Waals surface area contributed by atoms with E-state index in [1.807, 2.05) is 18.2 Å². The van der Waals surface area contributed by atoms with Crippen LogP contribution < -0.4 is 10.2 Å². The van der Waals surface area contributed by atoms with Crippen LogP contribution >= 0.6 is 11.8 Å². The van der Waals surface area contributed by atoms with Gasteiger partial charge in [0.1, 0.15) is 6.04 Å². The van der Waals surface area contributed by atoms with Crippen LogP contribution in [0.25, 0.3) is 0 Å². The molecule has 0 fully saturated rings. The van der Waals surface area contributed by atoms with E-state index in [4.69, 9.17) is 11.8 Å². The molecule has 0 saturated heterocycles. The number of carbonyl (C=O) groups is 2. The number of halogens is 1. The van der Waals surface area contributed by atoms with Crippen molar-refractivity contribution in [2.24, 2.45) is 0 Å². The lowest BCUT2D eigenvalue weighted by Crippen LogP contribution is -2.42. The van der Waals surface area contributed by atoms with Gasteiger partial charge in [0.05, 0.1) is 6.54 Å². The first-order valence-corrected chi connectivity index (χ1v) is 5.83. The molecule has 5 nitrogen and oxygen atoms in total. The van der Waals surface area contributed by atoms with Gasteiger partial charge in [-0.05, 0) is 17.3 Å². The van der Waals surface area contributed by atoms with Crippen molar-refractivity contribution in [3.8, 4) is 0 Å². The predicted octanol–water partition coefficient (Wildman–Crippen LogP) is 0.676. The van der Waals surface area contributed by atoms with Crippen LogP contribution in [-0.2, 0) is 9.59 Å². The third-order valence-corrected chi connectivity index (χ3v) is 2.49. The molecule has 1 unspecified atom stereocenters. The van der Waals surface area contributed by atoms with Crippen LogP contribution in [0.2, 0.25) is 0 Å². The van der Waals surface area contributed by atoms with Gasteiger partial charge in [-0.25, -0.2) is 4.84 Å². The van der Waals surface area contributed by atoms with Crippen molar-refractivity contribution in [1.82, 2.24) is 15.1 Å². The van der Waals surface area contributed by atoms with E-state index in [1.54, 1.807) is 26.2 Å². The fourth-order valence-corrected chi connectivity index (χ4v) is 1.59. The summed E-state index contributed by atoms with van der Waals surface area (Å²) in [6.45, 7) is -0.0500. The number of amides is 2. The summed E-state index contributed by atoms with van der Waals surface area (Å²) in [5.41, 5.74) is 0.735. The SMILES string of the molecule is CN(C)C(=O)C(NC(=O)CNCl)c1ccccc1. The van der Waals surface area contributed by atoms with E-state index in [0.717, 1.165) is 5.56 Å². The highest BCUT2D eigenvalue weighted by Crippen LogP contribution is 2.14. The van der Waals surface area contributed by atoms with Crippen LogP contribution in [0.3, 0.4) is 0 Å². The number of rotatable bonds is 5. The molecule has 0 radical (unpaired) electrons. The molecule has 1 aromatic rings. The van der Waals surface area contributed by atoms with E-state index in [-0.39, 0.29) is 18.4 Å². The van der Waals surface area contributed by atoms with Gasteiger partial charge in [0.25, 0.3) is 0 Å². The second-order valence-corrected chi connectivity index (χ2v) is 4.22. The summed E-state index contributed by atoms with van der Waals surface area (Å²) < 4.78 is 0. The molecule has 1 rings (SSSR count). The van der Waals surface area contributed by atoms with Crippen molar-refractivity contribution in [2.45, 2.75) is 6.04 Å². The number of likely N-dealkylation sites (N-methyl/N-ethyl adjacent to an activating group) is 1. The van der Waals surface area contributed by atoms with E-state index in [0.29, 0.717) is 0 Å². The number of carbonyl (C=O) groups excluding carboxylic acids is 2. The lowest BCUT2D eigenvalue weighted by atomic mass is 10.1. The summed E-state index contributed by atoms with van der Waals surface area (Å²) >= 11 is 5.26. The number of hydrogen-bond acceptors (Lipinski definition) is 3. The maximum Gasteiger partial charge on any atom is 0.249 e. The van der Waals surface area contributed by atoms with Crippen molar-refractivity contribution in [2.75, 3.05) is 20.6 Å². The molecule has 0 bridgehead atoms. The average Bonchev–Trinajstić information content (AvgIpc) is 2.36. The summed E-state index contributed by atoms with van der Waals surface area (Å²) in [5, 5.41) is 2.64. The standard InChI is InChI=1S/C12H16ClN3O2/c1-16(2)12(18)11(15-10(17)8-14-13)9-6-4-3-5-7-9/h3-7,11,14H,8H2,1-2H3,(H,15,17). The van der Waals surface area contributed by atoms with Crippen LogP contribution in [0, 0.1) is 0 Å². The van der Waals surface area contributed by atoms with Crippen molar-refractivity contribution < 1.29 is 9.59 Å². The maximum absolute atomic E-state index is 12.0. The molecule has 0 aliphatic heterocycles. The molecule has 0 heterocycles. The Hall–Kier alpha value is -1.59. The second-order valence-electron chi connectivity index (χ2n) is 3.95. The Morgan fingerprint density at radius 3 is 2.39 bits per heavy atom. The first kappa shape index (κ1) is 14.5. The number of benzene rings is 1. The largest absolute Gasteiger partial charge is 0.347 e. The molecule has 0 aliphatic rings. The highest BCUT2D eigenvalue weighted by Gasteiger charge is 2.23. The van der Waals surface area contributed by atoms with Gasteiger partial charge in [-0.1, -0.05) is 30.3 Å². The molecule has 2 N–H and O–H groups in total. The molecule has 0 spiro atoms. The fraction of sp³-hybridized carbons (Fsp3) is 0.333. The lowest BCUT2D eigenvalue weighted by molar-refractivity contribution is -0.134. The Morgan fingerprint density at radius 1 is 1.28 bits per heavy atom. The van der Waals surface area contributed by atoms with E-state index >= 15 is 0 Å². The Morgan fingerprint density at radius 2 is 1.89 bits per heavy atom. The monoisotopic (exact) mass is 269 g/mol. The number of nitrogens with one attached hydrogen (secondary N) is 2. The third-order valence-electron chi connectivity index (χ3n) is 2.35. The highest BCUT2D eigenvalue weighted by molar-refractivity contribution is 6.14. The summed E-state index contributed by atoms with van der Waals surface area (Å²) in [4.78, 5) is 27.2. The minimum atomic E-state index is -0.696. The maximum atomic E-state index is 12.0. The van der Waals surface area contributed by atoms with Crippen LogP contribution in [0.4, 0.5) is 0 Å². The van der Waals surface area contributed by atoms with E-state index in [9.17, 15) is 9.59 Å². The molecule has 2 amide bonds. The average molecular weight is 270 g/mol. The Balaban J connectivity index is 2.89. The van der Waals surface area contributed by atoms with Crippen LogP contribution in [0.5, 0.6) is 0 Å². The lowest BCUT2D eigenvalue weighted by Gasteiger charge is -2.22. The minimum absolute atomic E-state index is 0.0500. The highest BCUT2D eigenvalue weighted by atomic mass is 35.5. The summed E-state index contributed by atoms with van der Waals surface area (Å²) in [6.07, 6.45) is 0. The van der Waals surface area contributed by atoms with Crippen molar-refractivity contribution in [3.05, 3.63) is 35.9 Å². The van der Waals surface area contributed by atoms with E-state index < -0.39 is 6.04 Å². The second kappa shape index (κ2) is 6.98. The minimum Gasteiger partial charge on any atom is -0.347 e. The molecular weight excluding hydrogens is 254 g/mol. The number of hydrogen-bond donors (Lipinski definition) is 2. The van der Waals surface area contributed by atoms with Crippen LogP contribution in [0.1, 0.15) is 11.6 Å². The first-order chi connectivity index (χ1) is 8.56. The molecule has 98 valence electrons. The van der Waals surface area contributed by atoms with Crippen molar-refractivity contribution in [3.63, 3.8) is 0 Å². The van der Waals surface area contributed by atoms with Gasteiger partial charge in [0, 0.05) is 14.1 Å². The van der Waals surface area contributed by atoms with Gasteiger partial charge in [-0.2, -0.15) is 0 Å². The van der Waals surface area contributed by atoms with Gasteiger partial charge in [0.2, 0.25) is 11.8 Å². The molecule has 1 aromatic carbocycles. The summed E-state index contributed by atoms with van der Waals surface area (Å²) in [6, 6.07) is 8.37. The fourth-order valence-electron chi connectivity index (χ4n) is 1.46. The molecule has 0 aromatic heterocycles. The van der Waals surface area contributed by atoms with Gasteiger partial charge >= 0.3 is 0 Å². The first-order valence-electron chi connectivity index (χ1n) is 5.45. The zero-order chi connectivity index (χ0) is 13.5. The Labute approximate surface area is 111 Å². The Bertz CT molecular complexity index is 409. The quantitative estimate of drug-likeness (QED) is 0.773. The van der Waals surface area contributed by atoms with E-state index in [1.165, 1.54) is 4.90 Å². The zero-order valence-corrected chi connectivity index (χ0v) is 11.1. The Kier molecular flexibility index (Phi) is 5.61. The molecule has 1 atom stereocenters. The van der Waals surface area contributed by atoms with Crippen molar-refractivity contribution in [1.29, 1.82) is 0 Å². The molecular formula is C12H16ClN3O2. The van der Waals surface area contributed by atoms with E-state index in [2.05, 4.69) is 10.2 Å². The zero-order valence-electron chi connectivity index (χ0n) is 10.3. The number of nitrogens with zero attached hydrogens (tertiary/aromatic N) is 1. The predicted molar refractivity (Wildman–Crippen MR) is 69.9 cm³/mol. The summed E-state index contributed by atoms with van der Waals surface area (Å²) in [5.74, 6) is -0.529.